The van der Waals surface area contributed by atoms with Gasteiger partial charge in [-0.3, -0.25) is 9.20 Å². The molecule has 102 valence electrons. The summed E-state index contributed by atoms with van der Waals surface area (Å²) >= 11 is 6.60. The summed E-state index contributed by atoms with van der Waals surface area (Å²) in [5.41, 5.74) is 4.12. The van der Waals surface area contributed by atoms with Crippen LogP contribution in [0.15, 0.2) is 17.4 Å². The molecule has 10 heteroatoms. The second kappa shape index (κ2) is 4.89. The number of thioether (sulfide) groups is 1. The van der Waals surface area contributed by atoms with Gasteiger partial charge in [-0.1, -0.05) is 23.4 Å². The molecule has 1 amide bonds. The number of alkyl halides is 3. The molecule has 19 heavy (non-hydrogen) atoms. The maximum Gasteiger partial charge on any atom is 0.417 e. The van der Waals surface area contributed by atoms with Crippen LogP contribution >= 0.6 is 23.4 Å². The first kappa shape index (κ1) is 13.9. The normalized spacial score (nSPS) is 12.0. The Morgan fingerprint density at radius 2 is 2.16 bits per heavy atom. The number of amides is 1. The summed E-state index contributed by atoms with van der Waals surface area (Å²) in [6.07, 6.45) is -3.71. The number of primary amides is 1. The van der Waals surface area contributed by atoms with Gasteiger partial charge in [-0.2, -0.15) is 13.2 Å². The minimum Gasteiger partial charge on any atom is -0.369 e. The van der Waals surface area contributed by atoms with Crippen molar-refractivity contribution in [3.63, 3.8) is 0 Å². The van der Waals surface area contributed by atoms with Crippen molar-refractivity contribution >= 4 is 34.9 Å². The lowest BCUT2D eigenvalue weighted by Gasteiger charge is -2.08. The number of pyridine rings is 1. The second-order valence-electron chi connectivity index (χ2n) is 3.51. The summed E-state index contributed by atoms with van der Waals surface area (Å²) in [7, 11) is 0. The Bertz CT molecular complexity index is 642. The van der Waals surface area contributed by atoms with Gasteiger partial charge in [0.2, 0.25) is 5.91 Å². The highest BCUT2D eigenvalue weighted by atomic mass is 35.5. The van der Waals surface area contributed by atoms with Crippen molar-refractivity contribution in [2.24, 2.45) is 5.73 Å². The van der Waals surface area contributed by atoms with E-state index in [9.17, 15) is 18.0 Å². The van der Waals surface area contributed by atoms with E-state index in [-0.39, 0.29) is 21.6 Å². The predicted molar refractivity (Wildman–Crippen MR) is 62.9 cm³/mol. The first-order chi connectivity index (χ1) is 8.79. The summed E-state index contributed by atoms with van der Waals surface area (Å²) in [6, 6.07) is 0.772. The Morgan fingerprint density at radius 1 is 1.47 bits per heavy atom. The third kappa shape index (κ3) is 2.92. The number of carbonyl (C=O) groups is 1. The fourth-order valence-electron chi connectivity index (χ4n) is 1.32. The molecule has 5 nitrogen and oxygen atoms in total. The zero-order valence-electron chi connectivity index (χ0n) is 9.11. The minimum absolute atomic E-state index is 0.0848. The van der Waals surface area contributed by atoms with Gasteiger partial charge in [0.05, 0.1) is 16.3 Å². The molecular formula is C9H6ClF3N4OS. The van der Waals surface area contributed by atoms with Crippen LogP contribution in [-0.2, 0) is 11.0 Å². The number of fused-ring (bicyclic) bond motifs is 1. The van der Waals surface area contributed by atoms with E-state index in [1.54, 1.807) is 0 Å². The number of nitrogens with zero attached hydrogens (tertiary/aromatic N) is 3. The predicted octanol–water partition coefficient (Wildman–Crippen LogP) is 1.98. The zero-order valence-corrected chi connectivity index (χ0v) is 10.7. The Labute approximate surface area is 113 Å². The Balaban J connectivity index is 2.50. The fraction of sp³-hybridized carbons (Fsp3) is 0.222. The van der Waals surface area contributed by atoms with E-state index < -0.39 is 17.6 Å². The highest BCUT2D eigenvalue weighted by Gasteiger charge is 2.32. The third-order valence-corrected chi connectivity index (χ3v) is 3.34. The van der Waals surface area contributed by atoms with E-state index in [2.05, 4.69) is 10.2 Å². The van der Waals surface area contributed by atoms with Crippen LogP contribution in [0.2, 0.25) is 5.02 Å². The minimum atomic E-state index is -4.53. The number of halogens is 4. The molecular weight excluding hydrogens is 305 g/mol. The standard InChI is InChI=1S/C9H6ClF3N4OS/c10-5-1-4(9(11,12)13)2-17-7(5)15-16-8(17)19-3-6(14)18/h1-2H,3H2,(H2,14,18). The van der Waals surface area contributed by atoms with Crippen molar-refractivity contribution in [2.75, 3.05) is 5.75 Å². The first-order valence-corrected chi connectivity index (χ1v) is 6.18. The van der Waals surface area contributed by atoms with Crippen LogP contribution in [0.3, 0.4) is 0 Å². The molecule has 0 aromatic carbocycles. The molecule has 0 bridgehead atoms. The van der Waals surface area contributed by atoms with Crippen molar-refractivity contribution in [1.29, 1.82) is 0 Å². The summed E-state index contributed by atoms with van der Waals surface area (Å²) in [4.78, 5) is 10.7. The van der Waals surface area contributed by atoms with Crippen LogP contribution in [0.5, 0.6) is 0 Å². The number of hydrogen-bond acceptors (Lipinski definition) is 4. The van der Waals surface area contributed by atoms with E-state index in [0.717, 1.165) is 28.4 Å². The van der Waals surface area contributed by atoms with Gasteiger partial charge in [-0.15, -0.1) is 10.2 Å². The average molecular weight is 311 g/mol. The number of nitrogens with two attached hydrogens (primary N) is 1. The second-order valence-corrected chi connectivity index (χ2v) is 4.86. The van der Waals surface area contributed by atoms with Crippen molar-refractivity contribution in [1.82, 2.24) is 14.6 Å². The van der Waals surface area contributed by atoms with Gasteiger partial charge in [0.1, 0.15) is 0 Å². The molecule has 0 aliphatic rings. The molecule has 0 aliphatic heterocycles. The molecule has 0 unspecified atom stereocenters. The van der Waals surface area contributed by atoms with Crippen molar-refractivity contribution in [3.8, 4) is 0 Å². The maximum atomic E-state index is 12.7. The lowest BCUT2D eigenvalue weighted by Crippen LogP contribution is -2.13. The lowest BCUT2D eigenvalue weighted by atomic mass is 10.3. The molecule has 2 aromatic heterocycles. The molecule has 0 saturated heterocycles. The van der Waals surface area contributed by atoms with Crippen molar-refractivity contribution < 1.29 is 18.0 Å². The van der Waals surface area contributed by atoms with E-state index in [0.29, 0.717) is 0 Å². The number of hydrogen-bond donors (Lipinski definition) is 1. The van der Waals surface area contributed by atoms with Gasteiger partial charge >= 0.3 is 6.18 Å². The highest BCUT2D eigenvalue weighted by Crippen LogP contribution is 2.33. The molecule has 0 radical (unpaired) electrons. The third-order valence-electron chi connectivity index (χ3n) is 2.10. The molecule has 2 aromatic rings. The number of rotatable bonds is 3. The molecule has 2 heterocycles. The van der Waals surface area contributed by atoms with Crippen LogP contribution in [0.4, 0.5) is 13.2 Å². The van der Waals surface area contributed by atoms with Crippen LogP contribution < -0.4 is 5.73 Å². The van der Waals surface area contributed by atoms with Crippen molar-refractivity contribution in [2.45, 2.75) is 11.3 Å². The van der Waals surface area contributed by atoms with E-state index in [1.807, 2.05) is 0 Å². The zero-order chi connectivity index (χ0) is 14.2. The van der Waals surface area contributed by atoms with E-state index in [4.69, 9.17) is 17.3 Å². The summed E-state index contributed by atoms with van der Waals surface area (Å²) < 4.78 is 39.0. The Morgan fingerprint density at radius 3 is 2.74 bits per heavy atom. The Kier molecular flexibility index (Phi) is 3.59. The monoisotopic (exact) mass is 310 g/mol. The van der Waals surface area contributed by atoms with Crippen LogP contribution in [0.1, 0.15) is 5.56 Å². The lowest BCUT2D eigenvalue weighted by molar-refractivity contribution is -0.137. The van der Waals surface area contributed by atoms with Crippen LogP contribution in [0.25, 0.3) is 5.65 Å². The van der Waals surface area contributed by atoms with E-state index >= 15 is 0 Å². The first-order valence-electron chi connectivity index (χ1n) is 4.81. The molecule has 0 saturated carbocycles. The van der Waals surface area contributed by atoms with Crippen molar-refractivity contribution in [3.05, 3.63) is 22.8 Å². The van der Waals surface area contributed by atoms with E-state index in [1.165, 1.54) is 0 Å². The van der Waals surface area contributed by atoms with Gasteiger partial charge in [0.25, 0.3) is 0 Å². The summed E-state index contributed by atoms with van der Waals surface area (Å²) in [6.45, 7) is 0. The Hall–Kier alpha value is -1.48. The largest absolute Gasteiger partial charge is 0.417 e. The van der Waals surface area contributed by atoms with Crippen LogP contribution in [0, 0.1) is 0 Å². The molecule has 0 aliphatic carbocycles. The van der Waals surface area contributed by atoms with Gasteiger partial charge < -0.3 is 5.73 Å². The highest BCUT2D eigenvalue weighted by molar-refractivity contribution is 7.99. The maximum absolute atomic E-state index is 12.7. The fourth-order valence-corrected chi connectivity index (χ4v) is 2.22. The molecule has 0 atom stereocenters. The average Bonchev–Trinajstić information content (AvgIpc) is 2.68. The molecule has 0 spiro atoms. The number of carbonyl (C=O) groups excluding carboxylic acids is 1. The smallest absolute Gasteiger partial charge is 0.369 e. The number of aromatic nitrogens is 3. The quantitative estimate of drug-likeness (QED) is 0.880. The van der Waals surface area contributed by atoms with Gasteiger partial charge in [-0.25, -0.2) is 0 Å². The molecule has 0 fully saturated rings. The topological polar surface area (TPSA) is 73.3 Å². The SMILES string of the molecule is NC(=O)CSc1nnc2c(Cl)cc(C(F)(F)F)cn12. The summed E-state index contributed by atoms with van der Waals surface area (Å²) in [5, 5.41) is 7.27. The summed E-state index contributed by atoms with van der Waals surface area (Å²) in [5.74, 6) is -0.728. The van der Waals surface area contributed by atoms with Crippen LogP contribution in [-0.4, -0.2) is 26.3 Å². The van der Waals surface area contributed by atoms with Gasteiger partial charge in [0.15, 0.2) is 10.8 Å². The van der Waals surface area contributed by atoms with Gasteiger partial charge in [-0.05, 0) is 6.07 Å². The molecule has 2 rings (SSSR count). The molecule has 2 N–H and O–H groups in total. The van der Waals surface area contributed by atoms with Gasteiger partial charge in [0, 0.05) is 6.20 Å².